The number of ether oxygens (including phenoxy) is 1. The van der Waals surface area contributed by atoms with E-state index in [1.807, 2.05) is 76.2 Å². The minimum absolute atomic E-state index is 0.00449. The fraction of sp³-hybridized carbons (Fsp3) is 0.200. The van der Waals surface area contributed by atoms with E-state index < -0.39 is 17.7 Å². The number of nitrogens with zero attached hydrogens (tertiary/aromatic N) is 1. The third-order valence-corrected chi connectivity index (χ3v) is 6.48. The van der Waals surface area contributed by atoms with E-state index in [0.29, 0.717) is 17.0 Å². The summed E-state index contributed by atoms with van der Waals surface area (Å²) in [5.74, 6) is -0.900. The number of ketones is 1. The summed E-state index contributed by atoms with van der Waals surface area (Å²) in [6, 6.07) is 19.6. The van der Waals surface area contributed by atoms with Gasteiger partial charge < -0.3 is 14.8 Å². The molecule has 1 aliphatic heterocycles. The Morgan fingerprint density at radius 1 is 1.00 bits per heavy atom. The molecule has 0 aliphatic carbocycles. The third kappa shape index (κ3) is 3.94. The van der Waals surface area contributed by atoms with Crippen molar-refractivity contribution in [3.63, 3.8) is 0 Å². The van der Waals surface area contributed by atoms with Gasteiger partial charge in [0.15, 0.2) is 0 Å². The van der Waals surface area contributed by atoms with Crippen LogP contribution in [0.15, 0.2) is 78.5 Å². The van der Waals surface area contributed by atoms with Crippen molar-refractivity contribution in [1.29, 1.82) is 0 Å². The Labute approximate surface area is 209 Å². The van der Waals surface area contributed by atoms with Gasteiger partial charge in [0.1, 0.15) is 11.5 Å². The number of H-pyrrole nitrogens is 1. The monoisotopic (exact) mass is 480 g/mol. The first-order valence-electron chi connectivity index (χ1n) is 12.0. The zero-order valence-corrected chi connectivity index (χ0v) is 20.7. The molecule has 0 bridgehead atoms. The molecule has 0 saturated carbocycles. The van der Waals surface area contributed by atoms with Gasteiger partial charge in [-0.15, -0.1) is 0 Å². The van der Waals surface area contributed by atoms with Gasteiger partial charge in [-0.1, -0.05) is 35.9 Å². The van der Waals surface area contributed by atoms with Crippen molar-refractivity contribution in [2.75, 3.05) is 4.90 Å². The van der Waals surface area contributed by atoms with Crippen molar-refractivity contribution >= 4 is 34.0 Å². The summed E-state index contributed by atoms with van der Waals surface area (Å²) in [5, 5.41) is 12.4. The van der Waals surface area contributed by atoms with E-state index in [0.717, 1.165) is 27.6 Å². The van der Waals surface area contributed by atoms with Gasteiger partial charge in [-0.05, 0) is 69.7 Å². The van der Waals surface area contributed by atoms with Crippen LogP contribution < -0.4 is 9.64 Å². The number of aromatic amines is 1. The maximum absolute atomic E-state index is 13.5. The highest BCUT2D eigenvalue weighted by molar-refractivity contribution is 6.51. The molecular weight excluding hydrogens is 452 g/mol. The molecule has 1 amide bonds. The Morgan fingerprint density at radius 3 is 2.42 bits per heavy atom. The number of aryl methyl sites for hydroxylation is 2. The lowest BCUT2D eigenvalue weighted by atomic mass is 9.94. The quantitative estimate of drug-likeness (QED) is 0.202. The molecule has 1 saturated heterocycles. The topological polar surface area (TPSA) is 82.6 Å². The Bertz CT molecular complexity index is 1510. The zero-order chi connectivity index (χ0) is 25.6. The van der Waals surface area contributed by atoms with Gasteiger partial charge >= 0.3 is 0 Å². The second kappa shape index (κ2) is 9.04. The number of benzene rings is 3. The number of carbonyl (C=O) groups excluding carboxylic acids is 2. The lowest BCUT2D eigenvalue weighted by Crippen LogP contribution is -2.29. The first kappa shape index (κ1) is 23.4. The molecule has 5 rings (SSSR count). The first-order chi connectivity index (χ1) is 17.3. The molecule has 182 valence electrons. The molecule has 1 aromatic heterocycles. The van der Waals surface area contributed by atoms with E-state index in [9.17, 15) is 14.7 Å². The minimum Gasteiger partial charge on any atom is -0.507 e. The average molecular weight is 481 g/mol. The summed E-state index contributed by atoms with van der Waals surface area (Å²) in [4.78, 5) is 31.6. The Hall–Kier alpha value is -4.32. The molecule has 1 atom stereocenters. The molecule has 1 unspecified atom stereocenters. The van der Waals surface area contributed by atoms with Crippen LogP contribution in [0.25, 0.3) is 16.7 Å². The Balaban J connectivity index is 1.72. The summed E-state index contributed by atoms with van der Waals surface area (Å²) < 4.78 is 5.82. The van der Waals surface area contributed by atoms with Gasteiger partial charge in [0.25, 0.3) is 11.7 Å². The number of anilines is 1. The van der Waals surface area contributed by atoms with Gasteiger partial charge in [0.05, 0.1) is 17.7 Å². The molecule has 6 nitrogen and oxygen atoms in total. The number of hydrogen-bond acceptors (Lipinski definition) is 4. The van der Waals surface area contributed by atoms with Crippen molar-refractivity contribution in [3.8, 4) is 5.75 Å². The van der Waals surface area contributed by atoms with Crippen LogP contribution in [0.4, 0.5) is 5.69 Å². The van der Waals surface area contributed by atoms with Gasteiger partial charge in [-0.3, -0.25) is 14.5 Å². The van der Waals surface area contributed by atoms with Gasteiger partial charge in [-0.2, -0.15) is 0 Å². The van der Waals surface area contributed by atoms with Gasteiger partial charge in [0.2, 0.25) is 0 Å². The van der Waals surface area contributed by atoms with Crippen molar-refractivity contribution in [1.82, 2.24) is 4.98 Å². The standard InChI is InChI=1S/C30H28N2O4/c1-17(2)36-25-14-11-20(15-19(25)4)28(33)26-27(23-16-31-24-8-6-5-7-22(23)24)32(30(35)29(26)34)21-12-9-18(3)10-13-21/h5-17,27,31,33H,1-4H3/b28-26+. The molecule has 36 heavy (non-hydrogen) atoms. The fourth-order valence-electron chi connectivity index (χ4n) is 4.76. The van der Waals surface area contributed by atoms with Crippen molar-refractivity contribution in [2.45, 2.75) is 39.8 Å². The van der Waals surface area contributed by atoms with E-state index in [1.165, 1.54) is 4.90 Å². The second-order valence-electron chi connectivity index (χ2n) is 9.44. The number of amides is 1. The normalized spacial score (nSPS) is 17.4. The predicted octanol–water partition coefficient (Wildman–Crippen LogP) is 6.20. The molecule has 2 N–H and O–H groups in total. The van der Waals surface area contributed by atoms with Crippen LogP contribution in [-0.4, -0.2) is 27.9 Å². The Morgan fingerprint density at radius 2 is 1.72 bits per heavy atom. The van der Waals surface area contributed by atoms with E-state index in [1.54, 1.807) is 24.4 Å². The highest BCUT2D eigenvalue weighted by Gasteiger charge is 2.47. The Kier molecular flexibility index (Phi) is 5.88. The van der Waals surface area contributed by atoms with Gasteiger partial charge in [0, 0.05) is 33.9 Å². The largest absolute Gasteiger partial charge is 0.507 e. The minimum atomic E-state index is -0.796. The summed E-state index contributed by atoms with van der Waals surface area (Å²) >= 11 is 0. The predicted molar refractivity (Wildman–Crippen MR) is 141 cm³/mol. The maximum Gasteiger partial charge on any atom is 0.300 e. The van der Waals surface area contributed by atoms with Crippen LogP contribution in [0.1, 0.15) is 42.1 Å². The summed E-state index contributed by atoms with van der Waals surface area (Å²) in [7, 11) is 0. The number of fused-ring (bicyclic) bond motifs is 1. The third-order valence-electron chi connectivity index (χ3n) is 6.48. The number of para-hydroxylation sites is 1. The van der Waals surface area contributed by atoms with Crippen LogP contribution in [-0.2, 0) is 9.59 Å². The van der Waals surface area contributed by atoms with Crippen LogP contribution in [0.5, 0.6) is 5.75 Å². The summed E-state index contributed by atoms with van der Waals surface area (Å²) in [6.45, 7) is 7.74. The van der Waals surface area contributed by atoms with Crippen molar-refractivity contribution in [3.05, 3.63) is 101 Å². The average Bonchev–Trinajstić information content (AvgIpc) is 3.39. The molecule has 6 heteroatoms. The molecule has 1 fully saturated rings. The summed E-state index contributed by atoms with van der Waals surface area (Å²) in [6.07, 6.45) is 1.81. The van der Waals surface area contributed by atoms with E-state index in [4.69, 9.17) is 4.74 Å². The number of aliphatic hydroxyl groups is 1. The molecule has 4 aromatic rings. The lowest BCUT2D eigenvalue weighted by Gasteiger charge is -2.25. The van der Waals surface area contributed by atoms with E-state index >= 15 is 0 Å². The van der Waals surface area contributed by atoms with E-state index in [2.05, 4.69) is 4.98 Å². The molecule has 3 aromatic carbocycles. The number of Topliss-reactive ketones (excluding diaryl/α,β-unsaturated/α-hetero) is 1. The summed E-state index contributed by atoms with van der Waals surface area (Å²) in [5.41, 5.74) is 4.59. The van der Waals surface area contributed by atoms with Crippen molar-refractivity contribution in [2.24, 2.45) is 0 Å². The zero-order valence-electron chi connectivity index (χ0n) is 20.7. The molecular formula is C30H28N2O4. The maximum atomic E-state index is 13.5. The number of nitrogens with one attached hydrogen (secondary N) is 1. The highest BCUT2D eigenvalue weighted by Crippen LogP contribution is 2.44. The second-order valence-corrected chi connectivity index (χ2v) is 9.44. The number of aromatic nitrogens is 1. The van der Waals surface area contributed by atoms with Crippen LogP contribution in [0, 0.1) is 13.8 Å². The number of aliphatic hydroxyl groups excluding tert-OH is 1. The van der Waals surface area contributed by atoms with Crippen molar-refractivity contribution < 1.29 is 19.4 Å². The SMILES string of the molecule is Cc1ccc(N2C(=O)C(=O)/C(=C(/O)c3ccc(OC(C)C)c(C)c3)C2c2c[nH]c3ccccc23)cc1. The van der Waals surface area contributed by atoms with E-state index in [-0.39, 0.29) is 17.4 Å². The molecule has 0 radical (unpaired) electrons. The fourth-order valence-corrected chi connectivity index (χ4v) is 4.76. The molecule has 0 spiro atoms. The smallest absolute Gasteiger partial charge is 0.300 e. The van der Waals surface area contributed by atoms with Crippen LogP contribution in [0.2, 0.25) is 0 Å². The highest BCUT2D eigenvalue weighted by atomic mass is 16.5. The number of rotatable bonds is 5. The first-order valence-corrected chi connectivity index (χ1v) is 12.0. The lowest BCUT2D eigenvalue weighted by molar-refractivity contribution is -0.132. The molecule has 1 aliphatic rings. The van der Waals surface area contributed by atoms with Crippen LogP contribution >= 0.6 is 0 Å². The number of hydrogen-bond donors (Lipinski definition) is 2. The molecule has 2 heterocycles. The van der Waals surface area contributed by atoms with Crippen LogP contribution in [0.3, 0.4) is 0 Å². The van der Waals surface area contributed by atoms with Gasteiger partial charge in [-0.25, -0.2) is 0 Å². The number of carbonyl (C=O) groups is 2.